The molecule has 1 aliphatic heterocycles. The molecule has 0 amide bonds. The molecule has 1 saturated heterocycles. The summed E-state index contributed by atoms with van der Waals surface area (Å²) in [5.74, 6) is 1.33. The van der Waals surface area contributed by atoms with E-state index < -0.39 is 10.0 Å². The summed E-state index contributed by atoms with van der Waals surface area (Å²) in [6.07, 6.45) is 3.41. The molecule has 0 atom stereocenters. The number of halogens is 1. The van der Waals surface area contributed by atoms with E-state index in [4.69, 9.17) is 11.6 Å². The van der Waals surface area contributed by atoms with Gasteiger partial charge in [0.15, 0.2) is 11.6 Å². The highest BCUT2D eigenvalue weighted by molar-refractivity contribution is 7.89. The number of aromatic nitrogens is 3. The van der Waals surface area contributed by atoms with Crippen molar-refractivity contribution in [3.63, 3.8) is 0 Å². The van der Waals surface area contributed by atoms with Crippen LogP contribution in [0.4, 0.5) is 17.3 Å². The number of anilines is 3. The first-order valence-electron chi connectivity index (χ1n) is 9.45. The monoisotopic (exact) mass is 444 g/mol. The van der Waals surface area contributed by atoms with E-state index in [2.05, 4.69) is 20.5 Å². The van der Waals surface area contributed by atoms with Crippen LogP contribution in [-0.2, 0) is 10.0 Å². The highest BCUT2D eigenvalue weighted by atomic mass is 35.5. The summed E-state index contributed by atoms with van der Waals surface area (Å²) in [6.45, 7) is 3.57. The van der Waals surface area contributed by atoms with Crippen LogP contribution >= 0.6 is 11.6 Å². The van der Waals surface area contributed by atoms with Crippen LogP contribution in [0.1, 0.15) is 5.56 Å². The maximum Gasteiger partial charge on any atom is 0.243 e. The molecule has 8 nitrogen and oxygen atoms in total. The number of piperazine rings is 1. The summed E-state index contributed by atoms with van der Waals surface area (Å²) in [6, 6.07) is 12.4. The van der Waals surface area contributed by atoms with Gasteiger partial charge in [0.2, 0.25) is 10.0 Å². The van der Waals surface area contributed by atoms with E-state index >= 15 is 0 Å². The lowest BCUT2D eigenvalue weighted by Gasteiger charge is -2.34. The lowest BCUT2D eigenvalue weighted by molar-refractivity contribution is 0.383. The molecule has 1 aromatic carbocycles. The molecule has 4 rings (SSSR count). The topological polar surface area (TPSA) is 91.3 Å². The molecule has 0 radical (unpaired) electrons. The Labute approximate surface area is 180 Å². The zero-order valence-electron chi connectivity index (χ0n) is 16.4. The lowest BCUT2D eigenvalue weighted by atomic mass is 10.2. The van der Waals surface area contributed by atoms with Crippen molar-refractivity contribution in [1.29, 1.82) is 0 Å². The minimum absolute atomic E-state index is 0.258. The third-order valence-electron chi connectivity index (χ3n) is 4.92. The molecule has 3 aromatic rings. The smallest absolute Gasteiger partial charge is 0.243 e. The molecule has 1 N–H and O–H groups in total. The Bertz CT molecular complexity index is 1120. The van der Waals surface area contributed by atoms with Gasteiger partial charge in [-0.15, -0.1) is 10.2 Å². The minimum atomic E-state index is -3.59. The molecule has 0 aliphatic carbocycles. The van der Waals surface area contributed by atoms with Gasteiger partial charge in [-0.3, -0.25) is 4.98 Å². The van der Waals surface area contributed by atoms with Crippen LogP contribution in [0.5, 0.6) is 0 Å². The van der Waals surface area contributed by atoms with Gasteiger partial charge in [-0.1, -0.05) is 17.7 Å². The van der Waals surface area contributed by atoms with Crippen LogP contribution in [0.3, 0.4) is 0 Å². The third-order valence-corrected chi connectivity index (χ3v) is 7.19. The lowest BCUT2D eigenvalue weighted by Crippen LogP contribution is -2.49. The van der Waals surface area contributed by atoms with E-state index in [-0.39, 0.29) is 4.90 Å². The van der Waals surface area contributed by atoms with Crippen LogP contribution in [0.25, 0.3) is 0 Å². The number of sulfonamides is 1. The molecule has 0 spiro atoms. The van der Waals surface area contributed by atoms with Gasteiger partial charge in [0.25, 0.3) is 0 Å². The van der Waals surface area contributed by atoms with Gasteiger partial charge in [-0.05, 0) is 48.9 Å². The molecule has 0 saturated carbocycles. The minimum Gasteiger partial charge on any atom is -0.352 e. The Morgan fingerprint density at radius 2 is 1.83 bits per heavy atom. The average Bonchev–Trinajstić information content (AvgIpc) is 2.77. The van der Waals surface area contributed by atoms with Crippen LogP contribution in [-0.4, -0.2) is 54.1 Å². The zero-order chi connectivity index (χ0) is 21.1. The van der Waals surface area contributed by atoms with Crippen molar-refractivity contribution in [3.05, 3.63) is 65.4 Å². The molecule has 0 unspecified atom stereocenters. The van der Waals surface area contributed by atoms with Crippen molar-refractivity contribution in [2.75, 3.05) is 36.4 Å². The molecule has 30 heavy (non-hydrogen) atoms. The maximum atomic E-state index is 13.0. The average molecular weight is 445 g/mol. The Kier molecular flexibility index (Phi) is 5.85. The van der Waals surface area contributed by atoms with Crippen molar-refractivity contribution >= 4 is 38.9 Å². The molecule has 156 valence electrons. The van der Waals surface area contributed by atoms with Crippen LogP contribution in [0.15, 0.2) is 59.8 Å². The Morgan fingerprint density at radius 1 is 1.03 bits per heavy atom. The zero-order valence-corrected chi connectivity index (χ0v) is 17.9. The number of hydrogen-bond acceptors (Lipinski definition) is 7. The molecular formula is C20H21ClN6O2S. The Balaban J connectivity index is 1.41. The normalized spacial score (nSPS) is 15.2. The maximum absolute atomic E-state index is 13.0. The number of hydrogen-bond donors (Lipinski definition) is 1. The van der Waals surface area contributed by atoms with E-state index in [1.165, 1.54) is 10.4 Å². The third kappa shape index (κ3) is 4.38. The predicted molar refractivity (Wildman–Crippen MR) is 117 cm³/mol. The second-order valence-corrected chi connectivity index (χ2v) is 9.29. The fourth-order valence-corrected chi connectivity index (χ4v) is 5.20. The van der Waals surface area contributed by atoms with Crippen molar-refractivity contribution in [2.24, 2.45) is 0 Å². The van der Waals surface area contributed by atoms with Crippen molar-refractivity contribution < 1.29 is 8.42 Å². The Hall–Kier alpha value is -2.75. The first-order valence-corrected chi connectivity index (χ1v) is 11.3. The number of benzene rings is 1. The van der Waals surface area contributed by atoms with Crippen LogP contribution in [0, 0.1) is 6.92 Å². The predicted octanol–water partition coefficient (Wildman–Crippen LogP) is 3.09. The molecule has 0 bridgehead atoms. The standard InChI is InChI=1S/C20H21ClN6O2S/c1-15-4-5-16(21)13-18(15)30(28,29)27-11-9-26(10-12-27)20-7-6-19(24-25-20)23-17-3-2-8-22-14-17/h2-8,13-14H,9-12H2,1H3,(H,23,24). The van der Waals surface area contributed by atoms with Crippen molar-refractivity contribution in [3.8, 4) is 0 Å². The number of rotatable bonds is 5. The summed E-state index contributed by atoms with van der Waals surface area (Å²) in [7, 11) is -3.59. The van der Waals surface area contributed by atoms with Gasteiger partial charge >= 0.3 is 0 Å². The first kappa shape index (κ1) is 20.5. The van der Waals surface area contributed by atoms with Crippen LogP contribution in [0.2, 0.25) is 5.02 Å². The second kappa shape index (κ2) is 8.55. The van der Waals surface area contributed by atoms with Gasteiger partial charge in [0.1, 0.15) is 0 Å². The van der Waals surface area contributed by atoms with E-state index in [1.807, 2.05) is 29.2 Å². The number of nitrogens with one attached hydrogen (secondary N) is 1. The van der Waals surface area contributed by atoms with E-state index in [0.29, 0.717) is 48.4 Å². The molecule has 1 fully saturated rings. The van der Waals surface area contributed by atoms with Gasteiger partial charge < -0.3 is 10.2 Å². The first-order chi connectivity index (χ1) is 14.4. The summed E-state index contributed by atoms with van der Waals surface area (Å²) in [5, 5.41) is 12.0. The second-order valence-electron chi connectivity index (χ2n) is 6.94. The van der Waals surface area contributed by atoms with Crippen molar-refractivity contribution in [1.82, 2.24) is 19.5 Å². The number of aryl methyl sites for hydroxylation is 1. The highest BCUT2D eigenvalue weighted by Crippen LogP contribution is 2.25. The fourth-order valence-electron chi connectivity index (χ4n) is 3.29. The number of pyridine rings is 1. The molecule has 1 aliphatic rings. The Morgan fingerprint density at radius 3 is 2.50 bits per heavy atom. The van der Waals surface area contributed by atoms with Gasteiger partial charge in [-0.2, -0.15) is 4.31 Å². The summed E-state index contributed by atoms with van der Waals surface area (Å²) in [4.78, 5) is 6.33. The van der Waals surface area contributed by atoms with Gasteiger partial charge in [-0.25, -0.2) is 8.42 Å². The molecule has 10 heteroatoms. The van der Waals surface area contributed by atoms with E-state index in [1.54, 1.807) is 31.5 Å². The summed E-state index contributed by atoms with van der Waals surface area (Å²) in [5.41, 5.74) is 1.51. The van der Waals surface area contributed by atoms with Gasteiger partial charge in [0, 0.05) is 37.4 Å². The fraction of sp³-hybridized carbons (Fsp3) is 0.250. The molecule has 2 aromatic heterocycles. The molecular weight excluding hydrogens is 424 g/mol. The van der Waals surface area contributed by atoms with Gasteiger partial charge in [0.05, 0.1) is 16.8 Å². The van der Waals surface area contributed by atoms with E-state index in [0.717, 1.165) is 5.69 Å². The van der Waals surface area contributed by atoms with E-state index in [9.17, 15) is 8.42 Å². The van der Waals surface area contributed by atoms with Crippen molar-refractivity contribution in [2.45, 2.75) is 11.8 Å². The SMILES string of the molecule is Cc1ccc(Cl)cc1S(=O)(=O)N1CCN(c2ccc(Nc3cccnc3)nn2)CC1. The molecule has 3 heterocycles. The summed E-state index contributed by atoms with van der Waals surface area (Å²) >= 11 is 6.01. The largest absolute Gasteiger partial charge is 0.352 e. The summed E-state index contributed by atoms with van der Waals surface area (Å²) < 4.78 is 27.6. The highest BCUT2D eigenvalue weighted by Gasteiger charge is 2.30. The van der Waals surface area contributed by atoms with Crippen LogP contribution < -0.4 is 10.2 Å². The quantitative estimate of drug-likeness (QED) is 0.646. The number of nitrogens with zero attached hydrogens (tertiary/aromatic N) is 5.